The van der Waals surface area contributed by atoms with Gasteiger partial charge in [-0.25, -0.2) is 9.97 Å². The molecule has 0 atom stereocenters. The van der Waals surface area contributed by atoms with Crippen LogP contribution in [0.3, 0.4) is 0 Å². The number of benzene rings is 1. The molecule has 0 bridgehead atoms. The fraction of sp³-hybridized carbons (Fsp3) is 0.0769. The number of hydrogen-bond acceptors (Lipinski definition) is 3. The Kier molecular flexibility index (Phi) is 3.28. The van der Waals surface area contributed by atoms with E-state index < -0.39 is 0 Å². The summed E-state index contributed by atoms with van der Waals surface area (Å²) < 4.78 is 5.57. The predicted molar refractivity (Wildman–Crippen MR) is 62.9 cm³/mol. The van der Waals surface area contributed by atoms with Gasteiger partial charge < -0.3 is 4.74 Å². The van der Waals surface area contributed by atoms with E-state index in [1.54, 1.807) is 12.3 Å². The Labute approximate surface area is 94.4 Å². The van der Waals surface area contributed by atoms with E-state index in [2.05, 4.69) is 16.5 Å². The third-order valence-corrected chi connectivity index (χ3v) is 2.04. The van der Waals surface area contributed by atoms with Crippen LogP contribution in [0.15, 0.2) is 49.2 Å². The van der Waals surface area contributed by atoms with Crippen LogP contribution >= 0.6 is 0 Å². The van der Waals surface area contributed by atoms with Crippen LogP contribution in [-0.2, 0) is 6.61 Å². The van der Waals surface area contributed by atoms with E-state index in [0.717, 1.165) is 11.4 Å². The minimum atomic E-state index is 0.438. The van der Waals surface area contributed by atoms with Crippen molar-refractivity contribution in [2.24, 2.45) is 0 Å². The second kappa shape index (κ2) is 5.07. The number of hydrogen-bond donors (Lipinski definition) is 0. The van der Waals surface area contributed by atoms with Gasteiger partial charge in [-0.05, 0) is 24.3 Å². The summed E-state index contributed by atoms with van der Waals surface area (Å²) in [7, 11) is 0. The number of nitrogens with zero attached hydrogens (tertiary/aromatic N) is 2. The highest BCUT2D eigenvalue weighted by atomic mass is 16.5. The van der Waals surface area contributed by atoms with Gasteiger partial charge in [-0.2, -0.15) is 0 Å². The topological polar surface area (TPSA) is 35.0 Å². The van der Waals surface area contributed by atoms with Crippen LogP contribution in [0.25, 0.3) is 6.08 Å². The van der Waals surface area contributed by atoms with Gasteiger partial charge in [0.2, 0.25) is 0 Å². The smallest absolute Gasteiger partial charge is 0.151 e. The SMILES string of the molecule is C=Cc1nccc(COc2ccccc2)n1. The average molecular weight is 212 g/mol. The fourth-order valence-electron chi connectivity index (χ4n) is 1.27. The largest absolute Gasteiger partial charge is 0.487 e. The molecule has 0 radical (unpaired) electrons. The van der Waals surface area contributed by atoms with Gasteiger partial charge in [0.1, 0.15) is 12.4 Å². The average Bonchev–Trinajstić information content (AvgIpc) is 2.38. The minimum absolute atomic E-state index is 0.438. The lowest BCUT2D eigenvalue weighted by molar-refractivity contribution is 0.301. The van der Waals surface area contributed by atoms with E-state index in [4.69, 9.17) is 4.74 Å². The maximum Gasteiger partial charge on any atom is 0.151 e. The molecule has 3 heteroatoms. The third kappa shape index (κ3) is 2.67. The predicted octanol–water partition coefficient (Wildman–Crippen LogP) is 2.70. The molecule has 80 valence electrons. The van der Waals surface area contributed by atoms with Crippen LogP contribution in [0.2, 0.25) is 0 Å². The number of aromatic nitrogens is 2. The summed E-state index contributed by atoms with van der Waals surface area (Å²) in [4.78, 5) is 8.28. The maximum absolute atomic E-state index is 5.57. The molecule has 0 saturated heterocycles. The third-order valence-electron chi connectivity index (χ3n) is 2.04. The lowest BCUT2D eigenvalue weighted by Crippen LogP contribution is -2.00. The van der Waals surface area contributed by atoms with Crippen molar-refractivity contribution in [3.05, 3.63) is 60.7 Å². The van der Waals surface area contributed by atoms with Crippen molar-refractivity contribution in [1.29, 1.82) is 0 Å². The second-order valence-electron chi connectivity index (χ2n) is 3.21. The standard InChI is InChI=1S/C13H12N2O/c1-2-13-14-9-8-11(15-13)10-16-12-6-4-3-5-7-12/h2-9H,1,10H2. The van der Waals surface area contributed by atoms with Gasteiger partial charge in [-0.3, -0.25) is 0 Å². The van der Waals surface area contributed by atoms with Gasteiger partial charge in [0.25, 0.3) is 0 Å². The Morgan fingerprint density at radius 2 is 2.00 bits per heavy atom. The zero-order valence-corrected chi connectivity index (χ0v) is 8.84. The highest BCUT2D eigenvalue weighted by Crippen LogP contribution is 2.10. The van der Waals surface area contributed by atoms with Crippen molar-refractivity contribution in [3.8, 4) is 5.75 Å². The molecule has 1 aromatic heterocycles. The monoisotopic (exact) mass is 212 g/mol. The molecule has 0 amide bonds. The lowest BCUT2D eigenvalue weighted by Gasteiger charge is -2.05. The summed E-state index contributed by atoms with van der Waals surface area (Å²) in [5.74, 6) is 1.45. The van der Waals surface area contributed by atoms with Crippen molar-refractivity contribution >= 4 is 6.08 Å². The van der Waals surface area contributed by atoms with Crippen LogP contribution in [0.4, 0.5) is 0 Å². The number of para-hydroxylation sites is 1. The zero-order chi connectivity index (χ0) is 11.2. The molecule has 2 aromatic rings. The van der Waals surface area contributed by atoms with Crippen LogP contribution in [-0.4, -0.2) is 9.97 Å². The Morgan fingerprint density at radius 1 is 1.19 bits per heavy atom. The van der Waals surface area contributed by atoms with Gasteiger partial charge in [0.05, 0.1) is 5.69 Å². The van der Waals surface area contributed by atoms with Gasteiger partial charge >= 0.3 is 0 Å². The second-order valence-corrected chi connectivity index (χ2v) is 3.21. The van der Waals surface area contributed by atoms with Crippen LogP contribution < -0.4 is 4.74 Å². The van der Waals surface area contributed by atoms with E-state index in [0.29, 0.717) is 12.4 Å². The molecule has 1 aromatic carbocycles. The molecule has 0 aliphatic rings. The molecule has 0 N–H and O–H groups in total. The van der Waals surface area contributed by atoms with Gasteiger partial charge in [-0.1, -0.05) is 24.8 Å². The Hall–Kier alpha value is -2.16. The first-order valence-electron chi connectivity index (χ1n) is 5.00. The van der Waals surface area contributed by atoms with E-state index in [1.807, 2.05) is 36.4 Å². The molecule has 2 rings (SSSR count). The quantitative estimate of drug-likeness (QED) is 0.781. The molecule has 0 saturated carbocycles. The van der Waals surface area contributed by atoms with Crippen LogP contribution in [0.1, 0.15) is 11.5 Å². The summed E-state index contributed by atoms with van der Waals surface area (Å²) in [6.45, 7) is 4.06. The van der Waals surface area contributed by atoms with E-state index >= 15 is 0 Å². The van der Waals surface area contributed by atoms with Crippen molar-refractivity contribution < 1.29 is 4.74 Å². The highest BCUT2D eigenvalue weighted by molar-refractivity contribution is 5.35. The lowest BCUT2D eigenvalue weighted by atomic mass is 10.3. The summed E-state index contributed by atoms with van der Waals surface area (Å²) in [5, 5.41) is 0. The van der Waals surface area contributed by atoms with E-state index in [-0.39, 0.29) is 0 Å². The Balaban J connectivity index is 2.02. The minimum Gasteiger partial charge on any atom is -0.487 e. The molecule has 0 fully saturated rings. The number of ether oxygens (including phenoxy) is 1. The van der Waals surface area contributed by atoms with Gasteiger partial charge in [0.15, 0.2) is 5.82 Å². The Bertz CT molecular complexity index is 468. The zero-order valence-electron chi connectivity index (χ0n) is 8.84. The fourth-order valence-corrected chi connectivity index (χ4v) is 1.27. The molecular weight excluding hydrogens is 200 g/mol. The molecule has 3 nitrogen and oxygen atoms in total. The maximum atomic E-state index is 5.57. The van der Waals surface area contributed by atoms with Crippen molar-refractivity contribution in [2.75, 3.05) is 0 Å². The van der Waals surface area contributed by atoms with Crippen molar-refractivity contribution in [1.82, 2.24) is 9.97 Å². The number of rotatable bonds is 4. The normalized spacial score (nSPS) is 9.75. The summed E-state index contributed by atoms with van der Waals surface area (Å²) in [6.07, 6.45) is 3.32. The first-order chi connectivity index (χ1) is 7.88. The van der Waals surface area contributed by atoms with Gasteiger partial charge in [-0.15, -0.1) is 0 Å². The molecular formula is C13H12N2O. The van der Waals surface area contributed by atoms with Gasteiger partial charge in [0, 0.05) is 6.20 Å². The van der Waals surface area contributed by atoms with E-state index in [1.165, 1.54) is 0 Å². The van der Waals surface area contributed by atoms with Crippen molar-refractivity contribution in [3.63, 3.8) is 0 Å². The molecule has 0 aliphatic heterocycles. The molecule has 16 heavy (non-hydrogen) atoms. The highest BCUT2D eigenvalue weighted by Gasteiger charge is 1.97. The Morgan fingerprint density at radius 3 is 2.75 bits per heavy atom. The molecule has 0 spiro atoms. The summed E-state index contributed by atoms with van der Waals surface area (Å²) in [5.41, 5.74) is 0.841. The summed E-state index contributed by atoms with van der Waals surface area (Å²) >= 11 is 0. The van der Waals surface area contributed by atoms with Crippen LogP contribution in [0, 0.1) is 0 Å². The summed E-state index contributed by atoms with van der Waals surface area (Å²) in [6, 6.07) is 11.5. The first kappa shape index (κ1) is 10.4. The van der Waals surface area contributed by atoms with E-state index in [9.17, 15) is 0 Å². The molecule has 0 aliphatic carbocycles. The molecule has 0 unspecified atom stereocenters. The molecule has 1 heterocycles. The van der Waals surface area contributed by atoms with Crippen molar-refractivity contribution in [2.45, 2.75) is 6.61 Å². The van der Waals surface area contributed by atoms with Crippen LogP contribution in [0.5, 0.6) is 5.75 Å². The first-order valence-corrected chi connectivity index (χ1v) is 5.00.